The summed E-state index contributed by atoms with van der Waals surface area (Å²) in [6.07, 6.45) is 6.03. The molecule has 0 N–H and O–H groups in total. The quantitative estimate of drug-likeness (QED) is 0.723. The topological polar surface area (TPSA) is 48.0 Å². The van der Waals surface area contributed by atoms with Gasteiger partial charge in [0.2, 0.25) is 6.79 Å². The lowest BCUT2D eigenvalue weighted by Crippen LogP contribution is -2.48. The molecule has 0 saturated carbocycles. The Morgan fingerprint density at radius 1 is 1.16 bits per heavy atom. The summed E-state index contributed by atoms with van der Waals surface area (Å²) in [5, 5.41) is 1.48. The minimum Gasteiger partial charge on any atom is -0.454 e. The lowest BCUT2D eigenvalue weighted by Gasteiger charge is -2.40. The molecule has 5 nitrogen and oxygen atoms in total. The van der Waals surface area contributed by atoms with Crippen molar-refractivity contribution >= 4 is 5.91 Å². The van der Waals surface area contributed by atoms with E-state index in [0.717, 1.165) is 12.8 Å². The van der Waals surface area contributed by atoms with E-state index < -0.39 is 0 Å². The Balaban J connectivity index is 1.62. The van der Waals surface area contributed by atoms with Gasteiger partial charge in [0.05, 0.1) is 6.04 Å². The van der Waals surface area contributed by atoms with Crippen LogP contribution in [-0.4, -0.2) is 29.9 Å². The van der Waals surface area contributed by atoms with Gasteiger partial charge in [-0.2, -0.15) is 0 Å². The van der Waals surface area contributed by atoms with Gasteiger partial charge in [-0.05, 0) is 31.0 Å². The Kier molecular flexibility index (Phi) is 2.29. The predicted octanol–water partition coefficient (Wildman–Crippen LogP) is 1.89. The van der Waals surface area contributed by atoms with Crippen LogP contribution >= 0.6 is 0 Å². The zero-order valence-electron chi connectivity index (χ0n) is 10.2. The smallest absolute Gasteiger partial charge is 0.278 e. The van der Waals surface area contributed by atoms with Crippen LogP contribution in [0.1, 0.15) is 23.2 Å². The number of amides is 1. The zero-order valence-corrected chi connectivity index (χ0v) is 10.2. The van der Waals surface area contributed by atoms with E-state index in [-0.39, 0.29) is 24.8 Å². The number of carbonyl (C=O) groups excluding carboxylic acids is 1. The molecule has 19 heavy (non-hydrogen) atoms. The maximum Gasteiger partial charge on any atom is 0.278 e. The summed E-state index contributed by atoms with van der Waals surface area (Å²) >= 11 is 0. The highest BCUT2D eigenvalue weighted by molar-refractivity contribution is 5.94. The third-order valence-electron chi connectivity index (χ3n) is 3.66. The second-order valence-electron chi connectivity index (χ2n) is 4.87. The van der Waals surface area contributed by atoms with Gasteiger partial charge in [-0.1, -0.05) is 12.2 Å². The van der Waals surface area contributed by atoms with Crippen molar-refractivity contribution in [1.82, 2.24) is 5.06 Å². The standard InChI is InChI=1S/C14H13NO4/c16-14(15-10-2-4-11(19-15)5-3-10)9-1-6-12-13(7-9)18-8-17-12/h1-2,4,6-7,10-11H,3,5,8H2/t10-,11+/m1/s1. The van der Waals surface area contributed by atoms with Gasteiger partial charge >= 0.3 is 0 Å². The molecule has 1 aliphatic carbocycles. The molecule has 3 aliphatic heterocycles. The first-order chi connectivity index (χ1) is 9.31. The Labute approximate surface area is 110 Å². The van der Waals surface area contributed by atoms with Crippen LogP contribution in [0.4, 0.5) is 0 Å². The molecule has 2 bridgehead atoms. The molecule has 0 spiro atoms. The van der Waals surface area contributed by atoms with E-state index in [1.165, 1.54) is 5.06 Å². The maximum absolute atomic E-state index is 12.5. The van der Waals surface area contributed by atoms with Gasteiger partial charge in [-0.15, -0.1) is 0 Å². The van der Waals surface area contributed by atoms with E-state index in [4.69, 9.17) is 14.3 Å². The highest BCUT2D eigenvalue weighted by atomic mass is 16.7. The number of carbonyl (C=O) groups is 1. The van der Waals surface area contributed by atoms with Gasteiger partial charge < -0.3 is 9.47 Å². The van der Waals surface area contributed by atoms with Crippen LogP contribution in [0, 0.1) is 0 Å². The van der Waals surface area contributed by atoms with E-state index >= 15 is 0 Å². The van der Waals surface area contributed by atoms with E-state index in [9.17, 15) is 4.79 Å². The van der Waals surface area contributed by atoms with Crippen LogP contribution in [0.15, 0.2) is 30.4 Å². The highest BCUT2D eigenvalue weighted by Gasteiger charge is 2.35. The van der Waals surface area contributed by atoms with E-state index in [0.29, 0.717) is 17.1 Å². The second-order valence-corrected chi connectivity index (χ2v) is 4.87. The number of benzene rings is 1. The van der Waals surface area contributed by atoms with E-state index in [1.54, 1.807) is 18.2 Å². The van der Waals surface area contributed by atoms with Crippen LogP contribution in [0.3, 0.4) is 0 Å². The van der Waals surface area contributed by atoms with Crippen LogP contribution < -0.4 is 9.47 Å². The van der Waals surface area contributed by atoms with Gasteiger partial charge in [-0.3, -0.25) is 9.63 Å². The summed E-state index contributed by atoms with van der Waals surface area (Å²) in [6.45, 7) is 0.209. The fraction of sp³-hybridized carbons (Fsp3) is 0.357. The average Bonchev–Trinajstić information content (AvgIpc) is 2.95. The van der Waals surface area contributed by atoms with E-state index in [2.05, 4.69) is 0 Å². The highest BCUT2D eigenvalue weighted by Crippen LogP contribution is 2.34. The normalized spacial score (nSPS) is 26.8. The summed E-state index contributed by atoms with van der Waals surface area (Å²) < 4.78 is 10.5. The molecule has 98 valence electrons. The van der Waals surface area contributed by atoms with Crippen LogP contribution in [0.25, 0.3) is 0 Å². The van der Waals surface area contributed by atoms with Crippen molar-refractivity contribution in [3.05, 3.63) is 35.9 Å². The molecule has 4 aliphatic rings. The number of nitrogens with zero attached hydrogens (tertiary/aromatic N) is 1. The fourth-order valence-corrected chi connectivity index (χ4v) is 2.64. The molecule has 1 aromatic carbocycles. The Morgan fingerprint density at radius 2 is 2.05 bits per heavy atom. The van der Waals surface area contributed by atoms with Crippen molar-refractivity contribution in [2.75, 3.05) is 6.79 Å². The summed E-state index contributed by atoms with van der Waals surface area (Å²) in [5.41, 5.74) is 0.560. The largest absolute Gasteiger partial charge is 0.454 e. The zero-order chi connectivity index (χ0) is 12.8. The number of hydroxylamine groups is 2. The third kappa shape index (κ3) is 1.69. The molecular formula is C14H13NO4. The molecule has 1 fully saturated rings. The fourth-order valence-electron chi connectivity index (χ4n) is 2.64. The van der Waals surface area contributed by atoms with Crippen molar-refractivity contribution < 1.29 is 19.1 Å². The molecule has 2 atom stereocenters. The first kappa shape index (κ1) is 10.9. The molecule has 5 rings (SSSR count). The number of hydrogen-bond donors (Lipinski definition) is 0. The molecule has 1 aromatic rings. The molecule has 0 unspecified atom stereocenters. The van der Waals surface area contributed by atoms with Gasteiger partial charge in [0.1, 0.15) is 6.10 Å². The van der Waals surface area contributed by atoms with Crippen LogP contribution in [0.5, 0.6) is 11.5 Å². The first-order valence-electron chi connectivity index (χ1n) is 6.39. The first-order valence-corrected chi connectivity index (χ1v) is 6.39. The van der Waals surface area contributed by atoms with Gasteiger partial charge in [0.15, 0.2) is 11.5 Å². The van der Waals surface area contributed by atoms with Crippen molar-refractivity contribution in [2.45, 2.75) is 25.0 Å². The van der Waals surface area contributed by atoms with E-state index in [1.807, 2.05) is 12.2 Å². The Morgan fingerprint density at radius 3 is 2.79 bits per heavy atom. The SMILES string of the molecule is O=C(c1ccc2c(c1)OCO2)N1O[C@H]2C=C[C@@H]1CC2. The summed E-state index contributed by atoms with van der Waals surface area (Å²) in [7, 11) is 0. The lowest BCUT2D eigenvalue weighted by molar-refractivity contribution is -0.197. The van der Waals surface area contributed by atoms with Gasteiger partial charge in [0, 0.05) is 5.56 Å². The molecular weight excluding hydrogens is 246 g/mol. The molecule has 0 aromatic heterocycles. The molecule has 1 amide bonds. The minimum absolute atomic E-state index is 0.0305. The number of hydrogen-bond acceptors (Lipinski definition) is 4. The average molecular weight is 259 g/mol. The molecule has 3 heterocycles. The van der Waals surface area contributed by atoms with Crippen molar-refractivity contribution in [2.24, 2.45) is 0 Å². The number of ether oxygens (including phenoxy) is 2. The number of fused-ring (bicyclic) bond motifs is 3. The van der Waals surface area contributed by atoms with Gasteiger partial charge in [-0.25, -0.2) is 5.06 Å². The summed E-state index contributed by atoms with van der Waals surface area (Å²) in [4.78, 5) is 18.1. The van der Waals surface area contributed by atoms with Gasteiger partial charge in [0.25, 0.3) is 5.91 Å². The molecule has 0 radical (unpaired) electrons. The van der Waals surface area contributed by atoms with Crippen molar-refractivity contribution in [3.8, 4) is 11.5 Å². The van der Waals surface area contributed by atoms with Crippen molar-refractivity contribution in [1.29, 1.82) is 0 Å². The summed E-state index contributed by atoms with van der Waals surface area (Å²) in [5.74, 6) is 1.17. The van der Waals surface area contributed by atoms with Crippen LogP contribution in [0.2, 0.25) is 0 Å². The number of rotatable bonds is 1. The monoisotopic (exact) mass is 259 g/mol. The Hall–Kier alpha value is -2.01. The molecule has 1 saturated heterocycles. The summed E-state index contributed by atoms with van der Waals surface area (Å²) in [6, 6.07) is 5.25. The lowest BCUT2D eigenvalue weighted by atomic mass is 9.98. The van der Waals surface area contributed by atoms with Crippen molar-refractivity contribution in [3.63, 3.8) is 0 Å². The minimum atomic E-state index is -0.127. The maximum atomic E-state index is 12.5. The van der Waals surface area contributed by atoms with Crippen LogP contribution in [-0.2, 0) is 4.84 Å². The second kappa shape index (κ2) is 3.99. The Bertz CT molecular complexity index is 569. The third-order valence-corrected chi connectivity index (χ3v) is 3.66. The molecule has 5 heteroatoms. The predicted molar refractivity (Wildman–Crippen MR) is 65.8 cm³/mol.